The minimum atomic E-state index is 0.682. The second-order valence-corrected chi connectivity index (χ2v) is 4.85. The topological polar surface area (TPSA) is 48.1 Å². The first-order valence-electron chi connectivity index (χ1n) is 5.91. The van der Waals surface area contributed by atoms with Gasteiger partial charge in [0.25, 0.3) is 0 Å². The van der Waals surface area contributed by atoms with Crippen molar-refractivity contribution in [2.75, 3.05) is 12.3 Å². The van der Waals surface area contributed by atoms with Gasteiger partial charge in [-0.2, -0.15) is 0 Å². The number of ether oxygens (including phenoxy) is 1. The van der Waals surface area contributed by atoms with E-state index in [1.165, 1.54) is 0 Å². The van der Waals surface area contributed by atoms with E-state index in [9.17, 15) is 0 Å². The maximum atomic E-state index is 6.10. The van der Waals surface area contributed by atoms with Crippen LogP contribution in [-0.2, 0) is 0 Å². The van der Waals surface area contributed by atoms with Crippen molar-refractivity contribution in [1.29, 1.82) is 0 Å². The third-order valence-corrected chi connectivity index (χ3v) is 3.37. The molecule has 0 unspecified atom stereocenters. The molecule has 3 nitrogen and oxygen atoms in total. The molecule has 0 aliphatic carbocycles. The van der Waals surface area contributed by atoms with Crippen molar-refractivity contribution in [3.8, 4) is 5.75 Å². The van der Waals surface area contributed by atoms with Gasteiger partial charge in [0, 0.05) is 11.1 Å². The van der Waals surface area contributed by atoms with Crippen LogP contribution in [0.25, 0.3) is 0 Å². The molecular formula is C14H16N2OS. The number of nitrogen functional groups attached to an aromatic ring is 1. The second-order valence-electron chi connectivity index (χ2n) is 3.79. The molecule has 0 aliphatic rings. The molecule has 1 aromatic heterocycles. The molecule has 0 aliphatic heterocycles. The molecule has 0 atom stereocenters. The first kappa shape index (κ1) is 12.8. The fraction of sp³-hybridized carbons (Fsp3) is 0.214. The number of nitrogens with zero attached hydrogens (tertiary/aromatic N) is 1. The third kappa shape index (κ3) is 3.17. The Balaban J connectivity index is 2.18. The Morgan fingerprint density at radius 1 is 1.22 bits per heavy atom. The first-order chi connectivity index (χ1) is 8.81. The fourth-order valence-electron chi connectivity index (χ4n) is 1.47. The molecule has 0 spiro atoms. The van der Waals surface area contributed by atoms with Gasteiger partial charge in [-0.15, -0.1) is 0 Å². The zero-order chi connectivity index (χ0) is 12.8. The van der Waals surface area contributed by atoms with Crippen molar-refractivity contribution < 1.29 is 4.74 Å². The lowest BCUT2D eigenvalue weighted by molar-refractivity contribution is 0.318. The molecule has 0 radical (unpaired) electrons. The zero-order valence-electron chi connectivity index (χ0n) is 10.3. The Morgan fingerprint density at radius 2 is 2.11 bits per heavy atom. The smallest absolute Gasteiger partial charge is 0.143 e. The van der Waals surface area contributed by atoms with E-state index in [0.717, 1.165) is 22.1 Å². The first-order valence-corrected chi connectivity index (χ1v) is 6.73. The Bertz CT molecular complexity index is 502. The van der Waals surface area contributed by atoms with Crippen molar-refractivity contribution in [1.82, 2.24) is 4.98 Å². The van der Waals surface area contributed by atoms with E-state index in [1.807, 2.05) is 36.4 Å². The van der Waals surface area contributed by atoms with Crippen LogP contribution >= 0.6 is 11.8 Å². The summed E-state index contributed by atoms with van der Waals surface area (Å²) in [4.78, 5) is 5.25. The molecule has 2 rings (SSSR count). The Hall–Kier alpha value is -1.68. The van der Waals surface area contributed by atoms with E-state index in [2.05, 4.69) is 11.9 Å². The van der Waals surface area contributed by atoms with E-state index in [1.54, 1.807) is 18.0 Å². The predicted molar refractivity (Wildman–Crippen MR) is 75.0 cm³/mol. The average Bonchev–Trinajstić information content (AvgIpc) is 2.41. The maximum absolute atomic E-state index is 6.10. The number of hydrogen-bond acceptors (Lipinski definition) is 4. The standard InChI is InChI=1S/C14H16N2OS/c1-2-10-17-11-6-5-7-12(14(11)15)18-13-8-3-4-9-16-13/h3-9H,2,10,15H2,1H3. The molecule has 0 bridgehead atoms. The Labute approximate surface area is 111 Å². The molecule has 1 aromatic carbocycles. The highest BCUT2D eigenvalue weighted by atomic mass is 32.2. The number of anilines is 1. The lowest BCUT2D eigenvalue weighted by Crippen LogP contribution is -2.00. The number of nitrogens with two attached hydrogens (primary N) is 1. The van der Waals surface area contributed by atoms with Gasteiger partial charge >= 0.3 is 0 Å². The summed E-state index contributed by atoms with van der Waals surface area (Å²) in [6.45, 7) is 2.75. The van der Waals surface area contributed by atoms with Crippen LogP contribution in [0, 0.1) is 0 Å². The quantitative estimate of drug-likeness (QED) is 0.834. The van der Waals surface area contributed by atoms with E-state index >= 15 is 0 Å². The summed E-state index contributed by atoms with van der Waals surface area (Å²) in [5.41, 5.74) is 6.78. The summed E-state index contributed by atoms with van der Waals surface area (Å²) in [7, 11) is 0. The number of rotatable bonds is 5. The largest absolute Gasteiger partial charge is 0.491 e. The summed E-state index contributed by atoms with van der Waals surface area (Å²) in [6.07, 6.45) is 2.74. The zero-order valence-corrected chi connectivity index (χ0v) is 11.1. The molecule has 0 fully saturated rings. The molecular weight excluding hydrogens is 244 g/mol. The normalized spacial score (nSPS) is 10.3. The monoisotopic (exact) mass is 260 g/mol. The highest BCUT2D eigenvalue weighted by Gasteiger charge is 2.07. The van der Waals surface area contributed by atoms with E-state index in [0.29, 0.717) is 12.3 Å². The number of aromatic nitrogens is 1. The van der Waals surface area contributed by atoms with Crippen LogP contribution in [0.2, 0.25) is 0 Å². The van der Waals surface area contributed by atoms with Crippen LogP contribution in [0.15, 0.2) is 52.5 Å². The van der Waals surface area contributed by atoms with Crippen molar-refractivity contribution in [2.24, 2.45) is 0 Å². The van der Waals surface area contributed by atoms with Crippen LogP contribution in [-0.4, -0.2) is 11.6 Å². The van der Waals surface area contributed by atoms with Gasteiger partial charge in [-0.05, 0) is 30.7 Å². The highest BCUT2D eigenvalue weighted by molar-refractivity contribution is 7.99. The van der Waals surface area contributed by atoms with Crippen molar-refractivity contribution >= 4 is 17.4 Å². The molecule has 0 saturated carbocycles. The molecule has 2 N–H and O–H groups in total. The molecule has 1 heterocycles. The van der Waals surface area contributed by atoms with Crippen LogP contribution in [0.5, 0.6) is 5.75 Å². The van der Waals surface area contributed by atoms with Gasteiger partial charge in [0.1, 0.15) is 10.8 Å². The van der Waals surface area contributed by atoms with Gasteiger partial charge in [0.2, 0.25) is 0 Å². The van der Waals surface area contributed by atoms with Crippen LogP contribution in [0.4, 0.5) is 5.69 Å². The molecule has 0 amide bonds. The lowest BCUT2D eigenvalue weighted by atomic mass is 10.3. The van der Waals surface area contributed by atoms with Crippen molar-refractivity contribution in [3.63, 3.8) is 0 Å². The summed E-state index contributed by atoms with van der Waals surface area (Å²) in [5, 5.41) is 0.928. The summed E-state index contributed by atoms with van der Waals surface area (Å²) in [6, 6.07) is 11.6. The minimum absolute atomic E-state index is 0.682. The van der Waals surface area contributed by atoms with Gasteiger partial charge in [0.05, 0.1) is 12.3 Å². The SMILES string of the molecule is CCCOc1cccc(Sc2ccccn2)c1N. The number of benzene rings is 1. The van der Waals surface area contributed by atoms with Crippen LogP contribution < -0.4 is 10.5 Å². The molecule has 0 saturated heterocycles. The lowest BCUT2D eigenvalue weighted by Gasteiger charge is -2.11. The summed E-state index contributed by atoms with van der Waals surface area (Å²) in [5.74, 6) is 0.748. The molecule has 18 heavy (non-hydrogen) atoms. The highest BCUT2D eigenvalue weighted by Crippen LogP contribution is 2.35. The van der Waals surface area contributed by atoms with Crippen LogP contribution in [0.1, 0.15) is 13.3 Å². The fourth-order valence-corrected chi connectivity index (χ4v) is 2.31. The van der Waals surface area contributed by atoms with Crippen molar-refractivity contribution in [3.05, 3.63) is 42.6 Å². The van der Waals surface area contributed by atoms with Gasteiger partial charge in [0.15, 0.2) is 0 Å². The predicted octanol–water partition coefficient (Wildman–Crippen LogP) is 3.60. The second kappa shape index (κ2) is 6.31. The summed E-state index contributed by atoms with van der Waals surface area (Å²) >= 11 is 1.55. The number of para-hydroxylation sites is 1. The van der Waals surface area contributed by atoms with Gasteiger partial charge in [-0.1, -0.05) is 30.8 Å². The molecule has 94 valence electrons. The van der Waals surface area contributed by atoms with Crippen LogP contribution in [0.3, 0.4) is 0 Å². The molecule has 2 aromatic rings. The number of pyridine rings is 1. The number of hydrogen-bond donors (Lipinski definition) is 1. The van der Waals surface area contributed by atoms with Gasteiger partial charge in [-0.25, -0.2) is 4.98 Å². The average molecular weight is 260 g/mol. The Morgan fingerprint density at radius 3 is 2.83 bits per heavy atom. The maximum Gasteiger partial charge on any atom is 0.143 e. The van der Waals surface area contributed by atoms with E-state index < -0.39 is 0 Å². The molecule has 4 heteroatoms. The third-order valence-electron chi connectivity index (χ3n) is 2.34. The van der Waals surface area contributed by atoms with Gasteiger partial charge < -0.3 is 10.5 Å². The Kier molecular flexibility index (Phi) is 4.47. The van der Waals surface area contributed by atoms with Gasteiger partial charge in [-0.3, -0.25) is 0 Å². The van der Waals surface area contributed by atoms with E-state index in [-0.39, 0.29) is 0 Å². The summed E-state index contributed by atoms with van der Waals surface area (Å²) < 4.78 is 5.61. The minimum Gasteiger partial charge on any atom is -0.491 e. The van der Waals surface area contributed by atoms with Crippen molar-refractivity contribution in [2.45, 2.75) is 23.3 Å². The van der Waals surface area contributed by atoms with E-state index in [4.69, 9.17) is 10.5 Å².